The average Bonchev–Trinajstić information content (AvgIpc) is 3.00. The smallest absolute Gasteiger partial charge is 0.223 e. The summed E-state index contributed by atoms with van der Waals surface area (Å²) in [6, 6.07) is 15.8. The van der Waals surface area contributed by atoms with Crippen molar-refractivity contribution in [3.8, 4) is 11.5 Å². The van der Waals surface area contributed by atoms with Crippen molar-refractivity contribution >= 4 is 0 Å². The van der Waals surface area contributed by atoms with Crippen molar-refractivity contribution in [2.24, 2.45) is 0 Å². The third kappa shape index (κ3) is 2.18. The molecular formula is C15H15N5. The Morgan fingerprint density at radius 3 is 2.40 bits per heavy atom. The molecule has 100 valence electrons. The van der Waals surface area contributed by atoms with Crippen molar-refractivity contribution in [2.45, 2.75) is 19.4 Å². The van der Waals surface area contributed by atoms with Crippen LogP contribution >= 0.6 is 0 Å². The van der Waals surface area contributed by atoms with Gasteiger partial charge in [-0.05, 0) is 36.8 Å². The monoisotopic (exact) mass is 265 g/mol. The van der Waals surface area contributed by atoms with Gasteiger partial charge in [0.15, 0.2) is 0 Å². The van der Waals surface area contributed by atoms with E-state index in [2.05, 4.69) is 46.4 Å². The first-order chi connectivity index (χ1) is 9.68. The first-order valence-electron chi connectivity index (χ1n) is 6.45. The van der Waals surface area contributed by atoms with Gasteiger partial charge >= 0.3 is 0 Å². The van der Waals surface area contributed by atoms with E-state index in [4.69, 9.17) is 0 Å². The Hall–Kier alpha value is -2.56. The Balaban J connectivity index is 1.98. The van der Waals surface area contributed by atoms with Crippen molar-refractivity contribution in [1.29, 1.82) is 0 Å². The molecule has 20 heavy (non-hydrogen) atoms. The molecule has 0 spiro atoms. The van der Waals surface area contributed by atoms with Crippen LogP contribution in [0, 0.1) is 0 Å². The molecule has 0 unspecified atom stereocenters. The molecular weight excluding hydrogens is 250 g/mol. The van der Waals surface area contributed by atoms with Crippen LogP contribution in [0.25, 0.3) is 11.5 Å². The summed E-state index contributed by atoms with van der Waals surface area (Å²) in [5.74, 6) is 0.537. The van der Waals surface area contributed by atoms with Crippen LogP contribution in [0.15, 0.2) is 54.7 Å². The van der Waals surface area contributed by atoms with Gasteiger partial charge in [-0.1, -0.05) is 36.4 Å². The Morgan fingerprint density at radius 1 is 0.950 bits per heavy atom. The van der Waals surface area contributed by atoms with Crippen LogP contribution in [-0.2, 0) is 5.54 Å². The number of pyridine rings is 1. The highest BCUT2D eigenvalue weighted by molar-refractivity contribution is 5.46. The summed E-state index contributed by atoms with van der Waals surface area (Å²) in [5.41, 5.74) is 1.49. The van der Waals surface area contributed by atoms with Crippen LogP contribution < -0.4 is 0 Å². The minimum absolute atomic E-state index is 0.360. The minimum Gasteiger partial charge on any atom is -0.253 e. The van der Waals surface area contributed by atoms with Crippen molar-refractivity contribution in [1.82, 2.24) is 25.2 Å². The molecule has 3 aromatic rings. The zero-order valence-corrected chi connectivity index (χ0v) is 11.4. The number of benzene rings is 1. The van der Waals surface area contributed by atoms with E-state index in [9.17, 15) is 0 Å². The molecule has 0 fully saturated rings. The fourth-order valence-corrected chi connectivity index (χ4v) is 2.01. The second-order valence-corrected chi connectivity index (χ2v) is 5.04. The minimum atomic E-state index is -0.360. The molecule has 5 nitrogen and oxygen atoms in total. The van der Waals surface area contributed by atoms with Gasteiger partial charge in [0, 0.05) is 6.20 Å². The van der Waals surface area contributed by atoms with Crippen LogP contribution in [0.1, 0.15) is 19.4 Å². The van der Waals surface area contributed by atoms with Gasteiger partial charge in [0.05, 0.1) is 0 Å². The first kappa shape index (κ1) is 12.5. The summed E-state index contributed by atoms with van der Waals surface area (Å²) >= 11 is 0. The number of aromatic nitrogens is 5. The first-order valence-corrected chi connectivity index (χ1v) is 6.45. The van der Waals surface area contributed by atoms with Gasteiger partial charge in [0.25, 0.3) is 0 Å². The number of hydrogen-bond donors (Lipinski definition) is 0. The third-order valence-electron chi connectivity index (χ3n) is 3.29. The molecule has 0 amide bonds. The molecule has 0 N–H and O–H groups in total. The predicted octanol–water partition coefficient (Wildman–Crippen LogP) is 2.52. The Kier molecular flexibility index (Phi) is 3.02. The number of tetrazole rings is 1. The van der Waals surface area contributed by atoms with Crippen LogP contribution in [-0.4, -0.2) is 25.2 Å². The summed E-state index contributed by atoms with van der Waals surface area (Å²) < 4.78 is 0. The van der Waals surface area contributed by atoms with Crippen molar-refractivity contribution in [3.05, 3.63) is 60.3 Å². The molecule has 0 aliphatic carbocycles. The lowest BCUT2D eigenvalue weighted by atomic mass is 9.95. The zero-order valence-electron chi connectivity index (χ0n) is 11.4. The lowest BCUT2D eigenvalue weighted by Crippen LogP contribution is -2.30. The summed E-state index contributed by atoms with van der Waals surface area (Å²) in [6.45, 7) is 4.12. The second kappa shape index (κ2) is 4.85. The fourth-order valence-electron chi connectivity index (χ4n) is 2.01. The van der Waals surface area contributed by atoms with E-state index in [0.717, 1.165) is 11.3 Å². The Labute approximate surface area is 117 Å². The van der Waals surface area contributed by atoms with E-state index in [0.29, 0.717) is 5.82 Å². The highest BCUT2D eigenvalue weighted by atomic mass is 15.6. The number of hydrogen-bond acceptors (Lipinski definition) is 4. The fraction of sp³-hybridized carbons (Fsp3) is 0.200. The van der Waals surface area contributed by atoms with Crippen LogP contribution in [0.3, 0.4) is 0 Å². The molecule has 0 bridgehead atoms. The van der Waals surface area contributed by atoms with Gasteiger partial charge in [0.1, 0.15) is 11.2 Å². The highest BCUT2D eigenvalue weighted by Gasteiger charge is 2.26. The van der Waals surface area contributed by atoms with Gasteiger partial charge < -0.3 is 0 Å². The van der Waals surface area contributed by atoms with Crippen LogP contribution in [0.2, 0.25) is 0 Å². The second-order valence-electron chi connectivity index (χ2n) is 5.04. The van der Waals surface area contributed by atoms with Crippen molar-refractivity contribution < 1.29 is 0 Å². The quantitative estimate of drug-likeness (QED) is 0.730. The van der Waals surface area contributed by atoms with Gasteiger partial charge in [-0.2, -0.15) is 4.80 Å². The Bertz CT molecular complexity index is 689. The summed E-state index contributed by atoms with van der Waals surface area (Å²) in [7, 11) is 0. The summed E-state index contributed by atoms with van der Waals surface area (Å²) in [4.78, 5) is 5.87. The van der Waals surface area contributed by atoms with Gasteiger partial charge in [0.2, 0.25) is 5.82 Å². The van der Waals surface area contributed by atoms with Gasteiger partial charge in [-0.25, -0.2) is 0 Å². The van der Waals surface area contributed by atoms with E-state index in [-0.39, 0.29) is 5.54 Å². The van der Waals surface area contributed by atoms with Gasteiger partial charge in [-0.3, -0.25) is 4.98 Å². The molecule has 3 rings (SSSR count). The molecule has 0 saturated heterocycles. The normalized spacial score (nSPS) is 11.5. The summed E-state index contributed by atoms with van der Waals surface area (Å²) in [5, 5.41) is 12.7. The van der Waals surface area contributed by atoms with E-state index >= 15 is 0 Å². The zero-order chi connectivity index (χ0) is 14.0. The molecule has 2 aromatic heterocycles. The molecule has 0 aliphatic rings. The maximum Gasteiger partial charge on any atom is 0.223 e. The molecule has 0 saturated carbocycles. The summed E-state index contributed by atoms with van der Waals surface area (Å²) in [6.07, 6.45) is 1.72. The lowest BCUT2D eigenvalue weighted by molar-refractivity contribution is 0.337. The number of nitrogens with zero attached hydrogens (tertiary/aromatic N) is 5. The molecule has 2 heterocycles. The largest absolute Gasteiger partial charge is 0.253 e. The average molecular weight is 265 g/mol. The maximum absolute atomic E-state index is 4.46. The van der Waals surface area contributed by atoms with Crippen molar-refractivity contribution in [3.63, 3.8) is 0 Å². The topological polar surface area (TPSA) is 56.5 Å². The highest BCUT2D eigenvalue weighted by Crippen LogP contribution is 2.23. The molecule has 1 aromatic carbocycles. The molecule has 0 atom stereocenters. The number of rotatable bonds is 3. The van der Waals surface area contributed by atoms with E-state index in [1.165, 1.54) is 0 Å². The Morgan fingerprint density at radius 2 is 1.70 bits per heavy atom. The molecule has 0 aliphatic heterocycles. The standard InChI is InChI=1S/C15H15N5/c1-15(2,12-8-4-3-5-9-12)20-18-14(17-19-20)13-10-6-7-11-16-13/h3-11H,1-2H3. The van der Waals surface area contributed by atoms with E-state index in [1.54, 1.807) is 11.0 Å². The molecule has 0 radical (unpaired) electrons. The molecule has 5 heteroatoms. The van der Waals surface area contributed by atoms with Crippen LogP contribution in [0.4, 0.5) is 0 Å². The van der Waals surface area contributed by atoms with Crippen LogP contribution in [0.5, 0.6) is 0 Å². The van der Waals surface area contributed by atoms with Crippen molar-refractivity contribution in [2.75, 3.05) is 0 Å². The lowest BCUT2D eigenvalue weighted by Gasteiger charge is -2.23. The third-order valence-corrected chi connectivity index (χ3v) is 3.29. The van der Waals surface area contributed by atoms with E-state index < -0.39 is 0 Å². The van der Waals surface area contributed by atoms with Gasteiger partial charge in [-0.15, -0.1) is 10.2 Å². The SMILES string of the molecule is CC(C)(c1ccccc1)n1nnc(-c2ccccn2)n1. The maximum atomic E-state index is 4.46. The van der Waals surface area contributed by atoms with E-state index in [1.807, 2.05) is 36.4 Å². The predicted molar refractivity (Wildman–Crippen MR) is 75.9 cm³/mol.